The Bertz CT molecular complexity index is 467. The zero-order valence-electron chi connectivity index (χ0n) is 11.2. The minimum absolute atomic E-state index is 0.0777. The third-order valence-corrected chi connectivity index (χ3v) is 4.09. The van der Waals surface area contributed by atoms with Crippen molar-refractivity contribution in [1.29, 1.82) is 0 Å². The topological polar surface area (TPSA) is 52.3 Å². The minimum atomic E-state index is -0.542. The van der Waals surface area contributed by atoms with Gasteiger partial charge < -0.3 is 10.5 Å². The van der Waals surface area contributed by atoms with Crippen molar-refractivity contribution in [3.8, 4) is 5.75 Å². The number of hydrogen-bond acceptors (Lipinski definition) is 3. The summed E-state index contributed by atoms with van der Waals surface area (Å²) >= 11 is 0. The van der Waals surface area contributed by atoms with Crippen molar-refractivity contribution < 1.29 is 13.9 Å². The highest BCUT2D eigenvalue weighted by atomic mass is 19.1. The van der Waals surface area contributed by atoms with Crippen LogP contribution in [0.15, 0.2) is 18.2 Å². The van der Waals surface area contributed by atoms with Gasteiger partial charge in [0, 0.05) is 12.0 Å². The van der Waals surface area contributed by atoms with Crippen LogP contribution in [0.25, 0.3) is 0 Å². The van der Waals surface area contributed by atoms with Crippen LogP contribution in [-0.4, -0.2) is 19.4 Å². The van der Waals surface area contributed by atoms with Gasteiger partial charge in [-0.3, -0.25) is 4.79 Å². The number of benzene rings is 1. The van der Waals surface area contributed by atoms with E-state index >= 15 is 0 Å². The number of carbonyl (C=O) groups is 1. The Morgan fingerprint density at radius 2 is 2.05 bits per heavy atom. The van der Waals surface area contributed by atoms with Crippen LogP contribution >= 0.6 is 0 Å². The molecule has 0 heterocycles. The fourth-order valence-electron chi connectivity index (χ4n) is 2.90. The summed E-state index contributed by atoms with van der Waals surface area (Å²) in [6.07, 6.45) is 4.69. The Kier molecular flexibility index (Phi) is 4.20. The van der Waals surface area contributed by atoms with Gasteiger partial charge in [-0.2, -0.15) is 0 Å². The molecule has 0 unspecified atom stereocenters. The van der Waals surface area contributed by atoms with Gasteiger partial charge in [0.25, 0.3) is 0 Å². The smallest absolute Gasteiger partial charge is 0.174 e. The van der Waals surface area contributed by atoms with Crippen LogP contribution in [0.2, 0.25) is 0 Å². The van der Waals surface area contributed by atoms with Crippen molar-refractivity contribution >= 4 is 5.78 Å². The molecule has 4 heteroatoms. The first-order chi connectivity index (χ1) is 9.13. The summed E-state index contributed by atoms with van der Waals surface area (Å²) in [5, 5.41) is 0. The summed E-state index contributed by atoms with van der Waals surface area (Å²) in [5.74, 6) is -0.0806. The minimum Gasteiger partial charge on any atom is -0.496 e. The van der Waals surface area contributed by atoms with E-state index < -0.39 is 11.2 Å². The fourth-order valence-corrected chi connectivity index (χ4v) is 2.90. The summed E-state index contributed by atoms with van der Waals surface area (Å²) < 4.78 is 18.6. The van der Waals surface area contributed by atoms with Crippen LogP contribution in [0, 0.1) is 11.2 Å². The average Bonchev–Trinajstić information content (AvgIpc) is 2.47. The molecular weight excluding hydrogens is 245 g/mol. The monoisotopic (exact) mass is 265 g/mol. The molecule has 0 bridgehead atoms. The van der Waals surface area contributed by atoms with E-state index in [0.29, 0.717) is 17.9 Å². The van der Waals surface area contributed by atoms with Gasteiger partial charge in [0.05, 0.1) is 12.7 Å². The highest BCUT2D eigenvalue weighted by molar-refractivity contribution is 6.03. The van der Waals surface area contributed by atoms with Gasteiger partial charge in [-0.25, -0.2) is 4.39 Å². The molecule has 1 fully saturated rings. The van der Waals surface area contributed by atoms with Crippen molar-refractivity contribution in [2.45, 2.75) is 32.1 Å². The first kappa shape index (κ1) is 14.0. The van der Waals surface area contributed by atoms with Crippen molar-refractivity contribution in [3.63, 3.8) is 0 Å². The van der Waals surface area contributed by atoms with Crippen LogP contribution in [0.5, 0.6) is 5.75 Å². The zero-order valence-corrected chi connectivity index (χ0v) is 11.2. The number of carbonyl (C=O) groups excluding carboxylic acids is 1. The summed E-state index contributed by atoms with van der Waals surface area (Å²) in [6.45, 7) is 0.311. The van der Waals surface area contributed by atoms with E-state index in [2.05, 4.69) is 0 Å². The van der Waals surface area contributed by atoms with E-state index in [4.69, 9.17) is 10.5 Å². The van der Waals surface area contributed by atoms with E-state index in [1.807, 2.05) is 0 Å². The highest BCUT2D eigenvalue weighted by Gasteiger charge is 2.39. The van der Waals surface area contributed by atoms with Crippen LogP contribution in [-0.2, 0) is 0 Å². The number of Topliss-reactive ketones (excluding diaryl/α,β-unsaturated/α-hetero) is 1. The number of ketones is 1. The second kappa shape index (κ2) is 5.70. The number of hydrogen-bond donors (Lipinski definition) is 1. The third-order valence-electron chi connectivity index (χ3n) is 4.09. The van der Waals surface area contributed by atoms with E-state index in [1.54, 1.807) is 0 Å². The molecule has 1 aliphatic rings. The molecule has 0 aliphatic heterocycles. The van der Waals surface area contributed by atoms with Gasteiger partial charge in [0.2, 0.25) is 0 Å². The van der Waals surface area contributed by atoms with Gasteiger partial charge in [-0.15, -0.1) is 0 Å². The molecule has 3 nitrogen and oxygen atoms in total. The summed E-state index contributed by atoms with van der Waals surface area (Å²) in [6, 6.07) is 4.05. The van der Waals surface area contributed by atoms with Crippen LogP contribution in [0.1, 0.15) is 42.5 Å². The zero-order chi connectivity index (χ0) is 13.9. The molecule has 1 aromatic rings. The second-order valence-electron chi connectivity index (χ2n) is 5.22. The SMILES string of the molecule is COc1ccc(F)cc1C(=O)C1(CN)CCCCC1. The van der Waals surface area contributed by atoms with Crippen molar-refractivity contribution in [2.24, 2.45) is 11.1 Å². The molecule has 0 saturated heterocycles. The molecule has 2 rings (SSSR count). The molecule has 1 aromatic carbocycles. The molecule has 0 radical (unpaired) electrons. The first-order valence-corrected chi connectivity index (χ1v) is 6.71. The second-order valence-corrected chi connectivity index (χ2v) is 5.22. The summed E-state index contributed by atoms with van der Waals surface area (Å²) in [5.41, 5.74) is 5.62. The number of halogens is 1. The molecule has 0 amide bonds. The Balaban J connectivity index is 2.39. The fraction of sp³-hybridized carbons (Fsp3) is 0.533. The summed E-state index contributed by atoms with van der Waals surface area (Å²) in [4.78, 5) is 12.8. The molecular formula is C15H20FNO2. The Hall–Kier alpha value is -1.42. The molecule has 104 valence electrons. The highest BCUT2D eigenvalue weighted by Crippen LogP contribution is 2.40. The summed E-state index contributed by atoms with van der Waals surface area (Å²) in [7, 11) is 1.49. The van der Waals surface area contributed by atoms with E-state index in [-0.39, 0.29) is 5.78 Å². The Labute approximate surface area is 112 Å². The first-order valence-electron chi connectivity index (χ1n) is 6.71. The van der Waals surface area contributed by atoms with Gasteiger partial charge >= 0.3 is 0 Å². The lowest BCUT2D eigenvalue weighted by Crippen LogP contribution is -2.40. The third kappa shape index (κ3) is 2.63. The number of ether oxygens (including phenoxy) is 1. The van der Waals surface area contributed by atoms with Crippen molar-refractivity contribution in [3.05, 3.63) is 29.6 Å². The lowest BCUT2D eigenvalue weighted by Gasteiger charge is -2.35. The van der Waals surface area contributed by atoms with Gasteiger partial charge in [-0.05, 0) is 31.0 Å². The molecule has 2 N–H and O–H groups in total. The molecule has 0 atom stereocenters. The predicted molar refractivity (Wildman–Crippen MR) is 71.9 cm³/mol. The number of nitrogens with two attached hydrogens (primary N) is 1. The van der Waals surface area contributed by atoms with Gasteiger partial charge in [0.15, 0.2) is 5.78 Å². The lowest BCUT2D eigenvalue weighted by atomic mass is 9.69. The standard InChI is InChI=1S/C15H20FNO2/c1-19-13-6-5-11(16)9-12(13)14(18)15(10-17)7-3-2-4-8-15/h5-6,9H,2-4,7-8,10,17H2,1H3. The predicted octanol–water partition coefficient (Wildman–Crippen LogP) is 2.93. The van der Waals surface area contributed by atoms with E-state index in [0.717, 1.165) is 32.1 Å². The number of methoxy groups -OCH3 is 1. The van der Waals surface area contributed by atoms with Gasteiger partial charge in [0.1, 0.15) is 11.6 Å². The molecule has 1 saturated carbocycles. The molecule has 0 aromatic heterocycles. The number of rotatable bonds is 4. The van der Waals surface area contributed by atoms with Crippen LogP contribution < -0.4 is 10.5 Å². The maximum absolute atomic E-state index is 13.4. The van der Waals surface area contributed by atoms with Crippen LogP contribution in [0.4, 0.5) is 4.39 Å². The van der Waals surface area contributed by atoms with Crippen molar-refractivity contribution in [1.82, 2.24) is 0 Å². The molecule has 19 heavy (non-hydrogen) atoms. The van der Waals surface area contributed by atoms with E-state index in [9.17, 15) is 9.18 Å². The maximum Gasteiger partial charge on any atom is 0.174 e. The lowest BCUT2D eigenvalue weighted by molar-refractivity contribution is 0.0725. The molecule has 0 spiro atoms. The Morgan fingerprint density at radius 1 is 1.37 bits per heavy atom. The van der Waals surface area contributed by atoms with Crippen LogP contribution in [0.3, 0.4) is 0 Å². The normalized spacial score (nSPS) is 18.1. The largest absolute Gasteiger partial charge is 0.496 e. The van der Waals surface area contributed by atoms with E-state index in [1.165, 1.54) is 25.3 Å². The maximum atomic E-state index is 13.4. The average molecular weight is 265 g/mol. The molecule has 1 aliphatic carbocycles. The Morgan fingerprint density at radius 3 is 2.63 bits per heavy atom. The quantitative estimate of drug-likeness (QED) is 0.852. The van der Waals surface area contributed by atoms with Crippen molar-refractivity contribution in [2.75, 3.05) is 13.7 Å². The van der Waals surface area contributed by atoms with Gasteiger partial charge in [-0.1, -0.05) is 19.3 Å².